The minimum absolute atomic E-state index is 0.310. The molecule has 3 nitrogen and oxygen atoms in total. The summed E-state index contributed by atoms with van der Waals surface area (Å²) < 4.78 is 0. The van der Waals surface area contributed by atoms with Gasteiger partial charge in [-0.3, -0.25) is 10.2 Å². The third-order valence-corrected chi connectivity index (χ3v) is 2.11. The van der Waals surface area contributed by atoms with E-state index in [4.69, 9.17) is 0 Å². The number of hydrogen-bond acceptors (Lipinski definition) is 2. The van der Waals surface area contributed by atoms with Crippen LogP contribution in [0, 0.1) is 0 Å². The molecule has 0 saturated carbocycles. The predicted octanol–water partition coefficient (Wildman–Crippen LogP) is 0.600. The summed E-state index contributed by atoms with van der Waals surface area (Å²) in [6, 6.07) is 0. The van der Waals surface area contributed by atoms with Crippen LogP contribution in [0.2, 0.25) is 0 Å². The Morgan fingerprint density at radius 1 is 1.33 bits per heavy atom. The molecule has 0 aromatic rings. The van der Waals surface area contributed by atoms with Gasteiger partial charge in [0.15, 0.2) is 0 Å². The van der Waals surface area contributed by atoms with Gasteiger partial charge in [-0.2, -0.15) is 0 Å². The van der Waals surface area contributed by atoms with Crippen LogP contribution in [0.4, 0.5) is 0 Å². The lowest BCUT2D eigenvalue weighted by atomic mass is 10.3. The molecular weight excluding hydrogens is 150 g/mol. The Balaban J connectivity index is 2.29. The van der Waals surface area contributed by atoms with E-state index in [2.05, 4.69) is 29.4 Å². The van der Waals surface area contributed by atoms with Crippen molar-refractivity contribution in [2.24, 2.45) is 0 Å². The first-order valence-corrected chi connectivity index (χ1v) is 5.02. The van der Waals surface area contributed by atoms with Crippen molar-refractivity contribution < 1.29 is 0 Å². The van der Waals surface area contributed by atoms with Crippen LogP contribution in [0.25, 0.3) is 0 Å². The Morgan fingerprint density at radius 2 is 2.00 bits per heavy atom. The molecule has 1 fully saturated rings. The lowest BCUT2D eigenvalue weighted by Gasteiger charge is -2.26. The van der Waals surface area contributed by atoms with E-state index in [0.717, 1.165) is 26.2 Å². The summed E-state index contributed by atoms with van der Waals surface area (Å²) in [6.45, 7) is 8.79. The average Bonchev–Trinajstić information content (AvgIpc) is 2.56. The summed E-state index contributed by atoms with van der Waals surface area (Å²) in [7, 11) is 0. The molecule has 1 atom stereocenters. The van der Waals surface area contributed by atoms with Gasteiger partial charge >= 0.3 is 0 Å². The van der Waals surface area contributed by atoms with Gasteiger partial charge in [0.25, 0.3) is 0 Å². The number of hydrogen-bond donors (Lipinski definition) is 1. The van der Waals surface area contributed by atoms with E-state index >= 15 is 0 Å². The molecule has 12 heavy (non-hydrogen) atoms. The van der Waals surface area contributed by atoms with Crippen molar-refractivity contribution in [3.8, 4) is 0 Å². The van der Waals surface area contributed by atoms with Gasteiger partial charge in [-0.15, -0.1) is 0 Å². The molecule has 0 spiro atoms. The number of rotatable bonds is 5. The van der Waals surface area contributed by atoms with Crippen LogP contribution >= 0.6 is 0 Å². The van der Waals surface area contributed by atoms with Crippen molar-refractivity contribution in [1.82, 2.24) is 15.5 Å². The maximum Gasteiger partial charge on any atom is 0.130 e. The van der Waals surface area contributed by atoms with Gasteiger partial charge in [-0.1, -0.05) is 13.8 Å². The van der Waals surface area contributed by atoms with E-state index < -0.39 is 0 Å². The maximum absolute atomic E-state index is 4.49. The molecule has 1 rings (SSSR count). The second-order valence-corrected chi connectivity index (χ2v) is 3.27. The van der Waals surface area contributed by atoms with Crippen molar-refractivity contribution in [2.45, 2.75) is 33.0 Å². The molecule has 1 aliphatic heterocycles. The highest BCUT2D eigenvalue weighted by atomic mass is 15.4. The quantitative estimate of drug-likeness (QED) is 0.654. The molecule has 0 aliphatic carbocycles. The second kappa shape index (κ2) is 5.51. The monoisotopic (exact) mass is 170 g/mol. The third kappa shape index (κ3) is 2.73. The zero-order chi connectivity index (χ0) is 8.81. The van der Waals surface area contributed by atoms with Crippen LogP contribution in [-0.2, 0) is 0 Å². The van der Waals surface area contributed by atoms with Gasteiger partial charge in [0.05, 0.1) is 0 Å². The van der Waals surface area contributed by atoms with E-state index in [1.54, 1.807) is 0 Å². The summed E-state index contributed by atoms with van der Waals surface area (Å²) in [5.74, 6) is 0. The molecule has 0 bridgehead atoms. The van der Waals surface area contributed by atoms with Crippen LogP contribution in [-0.4, -0.2) is 37.4 Å². The molecule has 0 aromatic heterocycles. The van der Waals surface area contributed by atoms with Crippen LogP contribution in [0.15, 0.2) is 0 Å². The molecule has 71 valence electrons. The van der Waals surface area contributed by atoms with Crippen LogP contribution in [0.3, 0.4) is 0 Å². The highest BCUT2D eigenvalue weighted by Crippen LogP contribution is 2.01. The van der Waals surface area contributed by atoms with Crippen LogP contribution in [0.5, 0.6) is 0 Å². The fraction of sp³-hybridized carbons (Fsp3) is 1.00. The smallest absolute Gasteiger partial charge is 0.130 e. The number of nitrogens with one attached hydrogen (secondary N) is 1. The van der Waals surface area contributed by atoms with Crippen molar-refractivity contribution in [2.75, 3.05) is 26.2 Å². The van der Waals surface area contributed by atoms with Gasteiger partial charge in [0.1, 0.15) is 6.29 Å². The highest BCUT2D eigenvalue weighted by molar-refractivity contribution is 4.73. The summed E-state index contributed by atoms with van der Waals surface area (Å²) in [5.41, 5.74) is 0. The Morgan fingerprint density at radius 3 is 2.42 bits per heavy atom. The minimum Gasteiger partial charge on any atom is -0.287 e. The van der Waals surface area contributed by atoms with E-state index in [-0.39, 0.29) is 0 Å². The maximum atomic E-state index is 4.49. The Kier molecular flexibility index (Phi) is 4.58. The van der Waals surface area contributed by atoms with Gasteiger partial charge in [0.2, 0.25) is 0 Å². The molecule has 1 saturated heterocycles. The summed E-state index contributed by atoms with van der Waals surface area (Å²) in [5, 5.41) is 7.87. The molecule has 1 unspecified atom stereocenters. The Hall–Kier alpha value is -0.120. The zero-order valence-electron chi connectivity index (χ0n) is 8.21. The Bertz CT molecular complexity index is 104. The second-order valence-electron chi connectivity index (χ2n) is 3.27. The lowest BCUT2D eigenvalue weighted by molar-refractivity contribution is 0.162. The van der Waals surface area contributed by atoms with Crippen LogP contribution < -0.4 is 10.6 Å². The highest BCUT2D eigenvalue weighted by Gasteiger charge is 2.20. The van der Waals surface area contributed by atoms with Gasteiger partial charge in [-0.05, 0) is 12.8 Å². The first-order chi connectivity index (χ1) is 5.88. The van der Waals surface area contributed by atoms with Gasteiger partial charge in [-0.25, -0.2) is 5.32 Å². The molecular formula is C9H20N3. The van der Waals surface area contributed by atoms with Crippen molar-refractivity contribution in [3.63, 3.8) is 0 Å². The topological polar surface area (TPSA) is 29.4 Å². The first kappa shape index (κ1) is 9.96. The summed E-state index contributed by atoms with van der Waals surface area (Å²) in [6.07, 6.45) is 2.74. The fourth-order valence-corrected chi connectivity index (χ4v) is 1.62. The summed E-state index contributed by atoms with van der Waals surface area (Å²) in [4.78, 5) is 2.42. The fourth-order valence-electron chi connectivity index (χ4n) is 1.62. The van der Waals surface area contributed by atoms with Crippen molar-refractivity contribution >= 4 is 0 Å². The van der Waals surface area contributed by atoms with Crippen LogP contribution in [0.1, 0.15) is 26.7 Å². The van der Waals surface area contributed by atoms with E-state index in [1.807, 2.05) is 0 Å². The van der Waals surface area contributed by atoms with E-state index in [1.165, 1.54) is 12.8 Å². The molecule has 1 aliphatic rings. The van der Waals surface area contributed by atoms with E-state index in [0.29, 0.717) is 6.29 Å². The molecule has 1 heterocycles. The summed E-state index contributed by atoms with van der Waals surface area (Å²) >= 11 is 0. The van der Waals surface area contributed by atoms with E-state index in [9.17, 15) is 0 Å². The predicted molar refractivity (Wildman–Crippen MR) is 50.9 cm³/mol. The molecule has 3 heteroatoms. The molecule has 1 N–H and O–H groups in total. The van der Waals surface area contributed by atoms with Crippen molar-refractivity contribution in [3.05, 3.63) is 0 Å². The molecule has 0 amide bonds. The van der Waals surface area contributed by atoms with Gasteiger partial charge in [0, 0.05) is 26.2 Å². The van der Waals surface area contributed by atoms with Crippen molar-refractivity contribution in [1.29, 1.82) is 0 Å². The third-order valence-electron chi connectivity index (χ3n) is 2.11. The number of nitrogens with zero attached hydrogens (tertiary/aromatic N) is 2. The Labute approximate surface area is 75.5 Å². The zero-order valence-corrected chi connectivity index (χ0v) is 8.21. The molecule has 1 radical (unpaired) electrons. The average molecular weight is 170 g/mol. The normalized spacial score (nSPS) is 19.2. The first-order valence-electron chi connectivity index (χ1n) is 5.02. The minimum atomic E-state index is 0.310. The SMILES string of the molecule is CCCN(CCC)C1[N]CCN1. The standard InChI is InChI=1S/C9H20N3/c1-3-7-12(8-4-2)9-10-5-6-11-9/h9-10H,3-8H2,1-2H3. The van der Waals surface area contributed by atoms with Gasteiger partial charge < -0.3 is 0 Å². The largest absolute Gasteiger partial charge is 0.287 e. The lowest BCUT2D eigenvalue weighted by Crippen LogP contribution is -2.46. The molecule has 0 aromatic carbocycles.